The van der Waals surface area contributed by atoms with Gasteiger partial charge >= 0.3 is 24.4 Å². The van der Waals surface area contributed by atoms with Gasteiger partial charge < -0.3 is 20.1 Å². The molecule has 0 bridgehead atoms. The second kappa shape index (κ2) is 24.4. The molecule has 18 heteroatoms. The van der Waals surface area contributed by atoms with Crippen LogP contribution in [0.15, 0.2) is 190 Å². The Morgan fingerprint density at radius 2 is 0.803 bits per heavy atom. The molecular formula is C58H50N8O10. The predicted molar refractivity (Wildman–Crippen MR) is 286 cm³/mol. The number of nitrogens with zero attached hydrogens (tertiary/aromatic N) is 4. The number of benzene rings is 7. The first kappa shape index (κ1) is 53.5. The smallest absolute Gasteiger partial charge is 0.410 e. The van der Waals surface area contributed by atoms with Gasteiger partial charge in [-0.2, -0.15) is 9.98 Å². The van der Waals surface area contributed by atoms with Gasteiger partial charge in [0.1, 0.15) is 22.9 Å². The summed E-state index contributed by atoms with van der Waals surface area (Å²) in [6.07, 6.45) is -0.246. The standard InChI is InChI=1S/C58H50N8O10/c1-37-20-26-45(33-49(37)59-35-67)61-53(69)73-47-28-22-41(23-29-47)51(39-14-9-7-10-15-39)65-75-55(71)63-57(3,4)43-18-13-19-44(32-43)58(5,6)64-56(72)76-66-52(40-16-11-8-12-17-40)42-24-30-48(31-25-42)74-54(70)62-46-27-21-38(2)50(34-46)60-36-68/h7-34H,1-6H3,(H,61,69)(H,62,70)(H,63,71)(H,64,72)/b65-51+,66-52+. The Hall–Kier alpha value is -10.3. The van der Waals surface area contributed by atoms with Gasteiger partial charge in [0, 0.05) is 33.6 Å². The molecule has 0 atom stereocenters. The van der Waals surface area contributed by atoms with Crippen LogP contribution in [-0.4, -0.2) is 48.0 Å². The van der Waals surface area contributed by atoms with Crippen molar-refractivity contribution in [1.29, 1.82) is 0 Å². The number of carbonyl (C=O) groups is 4. The van der Waals surface area contributed by atoms with Crippen LogP contribution in [0.4, 0.5) is 41.9 Å². The minimum absolute atomic E-state index is 0.219. The summed E-state index contributed by atoms with van der Waals surface area (Å²) in [6.45, 7) is 10.7. The molecule has 0 heterocycles. The Balaban J connectivity index is 0.982. The zero-order valence-electron chi connectivity index (χ0n) is 42.0. The Kier molecular flexibility index (Phi) is 17.2. The van der Waals surface area contributed by atoms with Gasteiger partial charge in [0.05, 0.1) is 22.5 Å². The van der Waals surface area contributed by atoms with Crippen LogP contribution < -0.4 is 30.7 Å². The zero-order valence-corrected chi connectivity index (χ0v) is 42.0. The lowest BCUT2D eigenvalue weighted by molar-refractivity contribution is 0.140. The van der Waals surface area contributed by atoms with Gasteiger partial charge in [0.25, 0.3) is 0 Å². The molecule has 76 heavy (non-hydrogen) atoms. The SMILES string of the molecule is Cc1ccc(NC(=O)Oc2ccc(/C(=N/OC(=O)NC(C)(C)c3cccc(C(C)(C)NC(=O)O/N=C(\c4ccccc4)c4ccc(OC(=O)Nc5ccc(C)c(N=C=O)c5)cc4)c3)c3ccccc3)cc2)cc1N=C=O. The molecular weight excluding hydrogens is 969 g/mol. The van der Waals surface area contributed by atoms with Gasteiger partial charge in [-0.1, -0.05) is 107 Å². The van der Waals surface area contributed by atoms with E-state index in [2.05, 4.69) is 41.6 Å². The van der Waals surface area contributed by atoms with E-state index in [0.717, 1.165) is 11.1 Å². The fourth-order valence-corrected chi connectivity index (χ4v) is 7.48. The molecule has 18 nitrogen and oxygen atoms in total. The number of oxime groups is 2. The molecule has 7 rings (SSSR count). The van der Waals surface area contributed by atoms with Crippen molar-refractivity contribution in [2.75, 3.05) is 10.6 Å². The summed E-state index contributed by atoms with van der Waals surface area (Å²) in [5.41, 5.74) is 5.30. The number of hydrogen-bond acceptors (Lipinski definition) is 14. The monoisotopic (exact) mass is 1020 g/mol. The third kappa shape index (κ3) is 14.4. The number of hydrogen-bond donors (Lipinski definition) is 4. The highest BCUT2D eigenvalue weighted by atomic mass is 16.7. The average molecular weight is 1020 g/mol. The molecule has 0 aliphatic carbocycles. The van der Waals surface area contributed by atoms with Gasteiger partial charge in [-0.25, -0.2) is 28.8 Å². The lowest BCUT2D eigenvalue weighted by atomic mass is 9.87. The third-order valence-electron chi connectivity index (χ3n) is 11.6. The third-order valence-corrected chi connectivity index (χ3v) is 11.6. The number of nitrogens with one attached hydrogen (secondary N) is 4. The first-order chi connectivity index (χ1) is 36.5. The van der Waals surface area contributed by atoms with Crippen LogP contribution in [-0.2, 0) is 30.3 Å². The molecule has 0 spiro atoms. The second-order valence-corrected chi connectivity index (χ2v) is 17.9. The maximum absolute atomic E-state index is 13.5. The van der Waals surface area contributed by atoms with E-state index in [-0.39, 0.29) is 11.5 Å². The largest absolute Gasteiger partial charge is 0.434 e. The van der Waals surface area contributed by atoms with E-state index in [4.69, 9.17) is 19.1 Å². The Morgan fingerprint density at radius 3 is 1.17 bits per heavy atom. The van der Waals surface area contributed by atoms with Crippen LogP contribution in [0.1, 0.15) is 72.2 Å². The Labute approximate surface area is 437 Å². The highest BCUT2D eigenvalue weighted by molar-refractivity contribution is 6.13. The molecule has 7 aromatic carbocycles. The molecule has 0 aliphatic heterocycles. The maximum atomic E-state index is 13.5. The fraction of sp³-hybridized carbons (Fsp3) is 0.138. The van der Waals surface area contributed by atoms with E-state index in [9.17, 15) is 28.8 Å². The van der Waals surface area contributed by atoms with Crippen LogP contribution in [0.2, 0.25) is 0 Å². The second-order valence-electron chi connectivity index (χ2n) is 17.9. The molecule has 0 saturated heterocycles. The molecule has 0 saturated carbocycles. The molecule has 0 aliphatic rings. The van der Waals surface area contributed by atoms with Crippen LogP contribution in [0.25, 0.3) is 0 Å². The minimum atomic E-state index is -1.01. The number of aryl methyl sites for hydroxylation is 2. The van der Waals surface area contributed by atoms with E-state index in [1.807, 2.05) is 54.6 Å². The minimum Gasteiger partial charge on any atom is -0.410 e. The van der Waals surface area contributed by atoms with E-state index < -0.39 is 35.5 Å². The molecule has 0 aromatic heterocycles. The number of amides is 4. The molecule has 7 aromatic rings. The Morgan fingerprint density at radius 1 is 0.434 bits per heavy atom. The summed E-state index contributed by atoms with van der Waals surface area (Å²) >= 11 is 0. The summed E-state index contributed by atoms with van der Waals surface area (Å²) in [6, 6.07) is 48.1. The number of aliphatic imine (C=N–C) groups is 2. The first-order valence-corrected chi connectivity index (χ1v) is 23.4. The van der Waals surface area contributed by atoms with Crippen molar-refractivity contribution in [3.05, 3.63) is 214 Å². The van der Waals surface area contributed by atoms with Crippen molar-refractivity contribution in [1.82, 2.24) is 10.6 Å². The predicted octanol–water partition coefficient (Wildman–Crippen LogP) is 12.3. The van der Waals surface area contributed by atoms with Crippen molar-refractivity contribution in [2.45, 2.75) is 52.6 Å². The van der Waals surface area contributed by atoms with Crippen molar-refractivity contribution in [2.24, 2.45) is 20.3 Å². The van der Waals surface area contributed by atoms with E-state index in [1.54, 1.807) is 145 Å². The van der Waals surface area contributed by atoms with Gasteiger partial charge in [0.15, 0.2) is 0 Å². The molecule has 4 N–H and O–H groups in total. The molecule has 0 radical (unpaired) electrons. The average Bonchev–Trinajstić information content (AvgIpc) is 3.40. The summed E-state index contributed by atoms with van der Waals surface area (Å²) in [5, 5.41) is 19.5. The lowest BCUT2D eigenvalue weighted by Gasteiger charge is -2.30. The number of anilines is 2. The summed E-state index contributed by atoms with van der Waals surface area (Å²) < 4.78 is 10.9. The van der Waals surface area contributed by atoms with Gasteiger partial charge in [-0.3, -0.25) is 20.3 Å². The summed E-state index contributed by atoms with van der Waals surface area (Å²) in [4.78, 5) is 92.2. The van der Waals surface area contributed by atoms with Crippen molar-refractivity contribution in [3.63, 3.8) is 0 Å². The number of carbonyl (C=O) groups excluding carboxylic acids is 6. The van der Waals surface area contributed by atoms with Crippen LogP contribution in [0.5, 0.6) is 11.5 Å². The molecule has 0 unspecified atom stereocenters. The Bertz CT molecular complexity index is 3200. The van der Waals surface area contributed by atoms with E-state index in [1.165, 1.54) is 24.3 Å². The van der Waals surface area contributed by atoms with Crippen LogP contribution >= 0.6 is 0 Å². The van der Waals surface area contributed by atoms with Crippen molar-refractivity contribution >= 4 is 70.7 Å². The number of rotatable bonds is 16. The topological polar surface area (TPSA) is 237 Å². The van der Waals surface area contributed by atoms with Gasteiger partial charge in [0.2, 0.25) is 12.2 Å². The summed E-state index contributed by atoms with van der Waals surface area (Å²) in [7, 11) is 0. The van der Waals surface area contributed by atoms with Crippen LogP contribution in [0.3, 0.4) is 0 Å². The number of isocyanates is 2. The fourth-order valence-electron chi connectivity index (χ4n) is 7.48. The maximum Gasteiger partial charge on any atom is 0.434 e. The molecule has 4 amide bonds. The number of ether oxygens (including phenoxy) is 2. The van der Waals surface area contributed by atoms with Gasteiger partial charge in [-0.15, -0.1) is 0 Å². The van der Waals surface area contributed by atoms with E-state index in [0.29, 0.717) is 67.6 Å². The summed E-state index contributed by atoms with van der Waals surface area (Å²) in [5.74, 6) is 0.437. The molecule has 0 fully saturated rings. The van der Waals surface area contributed by atoms with Crippen molar-refractivity contribution in [3.8, 4) is 11.5 Å². The highest BCUT2D eigenvalue weighted by Gasteiger charge is 2.29. The normalized spacial score (nSPS) is 11.4. The lowest BCUT2D eigenvalue weighted by Crippen LogP contribution is -2.43. The van der Waals surface area contributed by atoms with Crippen LogP contribution in [0, 0.1) is 13.8 Å². The van der Waals surface area contributed by atoms with Gasteiger partial charge in [-0.05, 0) is 137 Å². The quantitative estimate of drug-likeness (QED) is 0.0309. The van der Waals surface area contributed by atoms with Crippen molar-refractivity contribution < 1.29 is 47.9 Å². The zero-order chi connectivity index (χ0) is 54.2. The van der Waals surface area contributed by atoms with E-state index >= 15 is 0 Å². The molecule has 382 valence electrons. The first-order valence-electron chi connectivity index (χ1n) is 23.4. The highest BCUT2D eigenvalue weighted by Crippen LogP contribution is 2.29.